The van der Waals surface area contributed by atoms with Crippen LogP contribution >= 0.6 is 0 Å². The highest BCUT2D eigenvalue weighted by Gasteiger charge is 2.53. The normalized spacial score (nSPS) is 27.5. The van der Waals surface area contributed by atoms with E-state index in [0.717, 1.165) is 37.5 Å². The van der Waals surface area contributed by atoms with Crippen LogP contribution in [0.25, 0.3) is 0 Å². The molecule has 4 fully saturated rings. The number of aromatic nitrogens is 3. The van der Waals surface area contributed by atoms with Gasteiger partial charge < -0.3 is 4.74 Å². The maximum absolute atomic E-state index is 13.3. The van der Waals surface area contributed by atoms with E-state index >= 15 is 0 Å². The third-order valence-electron chi connectivity index (χ3n) is 7.24. The first kappa shape index (κ1) is 23.8. The number of amides is 2. The monoisotopic (exact) mass is 511 g/mol. The number of urea groups is 1. The standard InChI is InChI=1S/C22H24F3N5O4S/c1-34-20-27-17(21-9-12-6-13(10-21)8-14(7-12)11-21)26-18(29-20)28-19(31)30-35(32,33)16-5-3-2-4-15(16)22(23,24)25/h2-5,12-14H,6-11H2,1H3,(H2,26,27,28,29,30,31). The molecule has 0 radical (unpaired) electrons. The number of benzene rings is 1. The largest absolute Gasteiger partial charge is 0.467 e. The molecule has 0 atom stereocenters. The lowest BCUT2D eigenvalue weighted by molar-refractivity contribution is -0.139. The SMILES string of the molecule is COc1nc(NC(=O)NS(=O)(=O)c2ccccc2C(F)(F)F)nc(C23CC4CC(CC(C4)C2)C3)n1. The average molecular weight is 512 g/mol. The fraction of sp³-hybridized carbons (Fsp3) is 0.545. The van der Waals surface area contributed by atoms with Crippen molar-refractivity contribution >= 4 is 22.0 Å². The minimum atomic E-state index is -4.92. The van der Waals surface area contributed by atoms with Gasteiger partial charge in [-0.15, -0.1) is 0 Å². The Hall–Kier alpha value is -2.96. The summed E-state index contributed by atoms with van der Waals surface area (Å²) < 4.78 is 71.7. The van der Waals surface area contributed by atoms with Crippen LogP contribution in [0.3, 0.4) is 0 Å². The molecular weight excluding hydrogens is 487 g/mol. The third kappa shape index (κ3) is 4.53. The number of halogens is 3. The van der Waals surface area contributed by atoms with Crippen LogP contribution in [0.1, 0.15) is 49.9 Å². The molecule has 4 saturated carbocycles. The zero-order chi connectivity index (χ0) is 25.0. The summed E-state index contributed by atoms with van der Waals surface area (Å²) in [6.45, 7) is 0. The predicted octanol–water partition coefficient (Wildman–Crippen LogP) is 3.88. The summed E-state index contributed by atoms with van der Waals surface area (Å²) in [5.74, 6) is 2.05. The summed E-state index contributed by atoms with van der Waals surface area (Å²) in [6.07, 6.45) is 1.47. The minimum absolute atomic E-state index is 0.0358. The molecule has 2 amide bonds. The maximum Gasteiger partial charge on any atom is 0.417 e. The number of hydrogen-bond acceptors (Lipinski definition) is 7. The van der Waals surface area contributed by atoms with Crippen molar-refractivity contribution in [2.75, 3.05) is 12.4 Å². The van der Waals surface area contributed by atoms with Crippen LogP contribution in [0.5, 0.6) is 6.01 Å². The van der Waals surface area contributed by atoms with Gasteiger partial charge in [-0.2, -0.15) is 28.1 Å². The molecule has 9 nitrogen and oxygen atoms in total. The molecule has 188 valence electrons. The van der Waals surface area contributed by atoms with Crippen molar-refractivity contribution in [3.8, 4) is 6.01 Å². The Morgan fingerprint density at radius 2 is 1.63 bits per heavy atom. The number of sulfonamides is 1. The van der Waals surface area contributed by atoms with Crippen molar-refractivity contribution in [1.82, 2.24) is 19.7 Å². The summed E-state index contributed by atoms with van der Waals surface area (Å²) in [5, 5.41) is 2.22. The third-order valence-corrected chi connectivity index (χ3v) is 8.63. The molecule has 2 N–H and O–H groups in total. The number of carbonyl (C=O) groups excluding carboxylic acids is 1. The number of ether oxygens (including phenoxy) is 1. The highest BCUT2D eigenvalue weighted by Crippen LogP contribution is 2.60. The van der Waals surface area contributed by atoms with Gasteiger partial charge in [0.15, 0.2) is 0 Å². The van der Waals surface area contributed by atoms with Crippen LogP contribution in [0.2, 0.25) is 0 Å². The van der Waals surface area contributed by atoms with Crippen LogP contribution in [0.4, 0.5) is 23.9 Å². The number of nitrogens with zero attached hydrogens (tertiary/aromatic N) is 3. The molecule has 0 spiro atoms. The summed E-state index contributed by atoms with van der Waals surface area (Å²) in [5.41, 5.74) is -1.64. The average Bonchev–Trinajstić information content (AvgIpc) is 2.77. The predicted molar refractivity (Wildman–Crippen MR) is 117 cm³/mol. The Labute approximate surface area is 200 Å². The van der Waals surface area contributed by atoms with Crippen LogP contribution in [-0.2, 0) is 21.6 Å². The molecule has 35 heavy (non-hydrogen) atoms. The van der Waals surface area contributed by atoms with E-state index in [1.807, 2.05) is 0 Å². The lowest BCUT2D eigenvalue weighted by Crippen LogP contribution is -2.49. The maximum atomic E-state index is 13.3. The van der Waals surface area contributed by atoms with Gasteiger partial charge in [0, 0.05) is 5.41 Å². The Morgan fingerprint density at radius 1 is 1.03 bits per heavy atom. The first-order chi connectivity index (χ1) is 16.5. The Balaban J connectivity index is 1.39. The fourth-order valence-electron chi connectivity index (χ4n) is 6.36. The summed E-state index contributed by atoms with van der Waals surface area (Å²) in [6, 6.07) is 2.26. The Kier molecular flexibility index (Phi) is 5.65. The van der Waals surface area contributed by atoms with E-state index < -0.39 is 32.7 Å². The van der Waals surface area contributed by atoms with Crippen LogP contribution in [0.15, 0.2) is 29.2 Å². The first-order valence-corrected chi connectivity index (χ1v) is 12.8. The molecule has 0 saturated heterocycles. The van der Waals surface area contributed by atoms with Gasteiger partial charge in [0.05, 0.1) is 17.6 Å². The van der Waals surface area contributed by atoms with Crippen molar-refractivity contribution in [3.05, 3.63) is 35.7 Å². The highest BCUT2D eigenvalue weighted by atomic mass is 32.2. The summed E-state index contributed by atoms with van der Waals surface area (Å²) >= 11 is 0. The summed E-state index contributed by atoms with van der Waals surface area (Å²) in [4.78, 5) is 24.3. The zero-order valence-electron chi connectivity index (χ0n) is 18.8. The van der Waals surface area contributed by atoms with E-state index in [1.165, 1.54) is 26.4 Å². The topological polar surface area (TPSA) is 123 Å². The van der Waals surface area contributed by atoms with Gasteiger partial charge in [0.2, 0.25) is 5.95 Å². The van der Waals surface area contributed by atoms with Gasteiger partial charge in [-0.25, -0.2) is 17.9 Å². The molecule has 0 unspecified atom stereocenters. The molecule has 13 heteroatoms. The van der Waals surface area contributed by atoms with E-state index in [0.29, 0.717) is 29.6 Å². The number of anilines is 1. The fourth-order valence-corrected chi connectivity index (χ4v) is 7.50. The van der Waals surface area contributed by atoms with Gasteiger partial charge in [-0.05, 0) is 68.4 Å². The summed E-state index contributed by atoms with van der Waals surface area (Å²) in [7, 11) is -3.48. The van der Waals surface area contributed by atoms with Gasteiger partial charge >= 0.3 is 18.2 Å². The van der Waals surface area contributed by atoms with Crippen LogP contribution < -0.4 is 14.8 Å². The van der Waals surface area contributed by atoms with Crippen LogP contribution in [0, 0.1) is 17.8 Å². The number of methoxy groups -OCH3 is 1. The van der Waals surface area contributed by atoms with E-state index in [4.69, 9.17) is 4.74 Å². The second-order valence-electron chi connectivity index (χ2n) is 9.72. The number of alkyl halides is 3. The molecule has 1 heterocycles. The van der Waals surface area contributed by atoms with Gasteiger partial charge in [-0.3, -0.25) is 5.32 Å². The zero-order valence-corrected chi connectivity index (χ0v) is 19.6. The number of rotatable bonds is 5. The number of nitrogens with one attached hydrogen (secondary N) is 2. The van der Waals surface area contributed by atoms with Gasteiger partial charge in [-0.1, -0.05) is 12.1 Å². The second-order valence-corrected chi connectivity index (χ2v) is 11.4. The number of carbonyl (C=O) groups is 1. The lowest BCUT2D eigenvalue weighted by atomic mass is 9.49. The Morgan fingerprint density at radius 3 is 2.20 bits per heavy atom. The quantitative estimate of drug-likeness (QED) is 0.625. The second kappa shape index (κ2) is 8.32. The molecule has 0 aliphatic heterocycles. The lowest BCUT2D eigenvalue weighted by Gasteiger charge is -2.55. The Bertz CT molecular complexity index is 1230. The number of hydrogen-bond donors (Lipinski definition) is 2. The first-order valence-electron chi connectivity index (χ1n) is 11.3. The molecule has 4 aliphatic rings. The highest BCUT2D eigenvalue weighted by molar-refractivity contribution is 7.90. The van der Waals surface area contributed by atoms with E-state index in [-0.39, 0.29) is 17.4 Å². The van der Waals surface area contributed by atoms with Crippen LogP contribution in [-0.4, -0.2) is 36.5 Å². The van der Waals surface area contributed by atoms with Crippen molar-refractivity contribution in [2.24, 2.45) is 17.8 Å². The smallest absolute Gasteiger partial charge is 0.417 e. The molecule has 2 aromatic rings. The van der Waals surface area contributed by atoms with E-state index in [9.17, 15) is 26.4 Å². The molecule has 6 rings (SSSR count). The van der Waals surface area contributed by atoms with Crippen molar-refractivity contribution in [1.29, 1.82) is 0 Å². The minimum Gasteiger partial charge on any atom is -0.467 e. The molecule has 4 bridgehead atoms. The van der Waals surface area contributed by atoms with Crippen molar-refractivity contribution in [2.45, 2.75) is 55.0 Å². The molecular formula is C22H24F3N5O4S. The van der Waals surface area contributed by atoms with Crippen molar-refractivity contribution < 1.29 is 31.1 Å². The molecule has 1 aromatic carbocycles. The van der Waals surface area contributed by atoms with Crippen molar-refractivity contribution in [3.63, 3.8) is 0 Å². The van der Waals surface area contributed by atoms with E-state index in [2.05, 4.69) is 20.3 Å². The molecule has 4 aliphatic carbocycles. The van der Waals surface area contributed by atoms with Gasteiger partial charge in [0.25, 0.3) is 10.0 Å². The van der Waals surface area contributed by atoms with E-state index in [1.54, 1.807) is 4.72 Å². The molecule has 1 aromatic heterocycles. The van der Waals surface area contributed by atoms with Gasteiger partial charge in [0.1, 0.15) is 5.82 Å².